The van der Waals surface area contributed by atoms with Crippen LogP contribution in [0.5, 0.6) is 0 Å². The first-order chi connectivity index (χ1) is 7.98. The Labute approximate surface area is 102 Å². The Hall–Kier alpha value is -1.19. The summed E-state index contributed by atoms with van der Waals surface area (Å²) in [5, 5.41) is 0. The van der Waals surface area contributed by atoms with Crippen LogP contribution in [0.1, 0.15) is 38.0 Å². The molecule has 17 heavy (non-hydrogen) atoms. The Bertz CT molecular complexity index is 423. The van der Waals surface area contributed by atoms with Gasteiger partial charge in [-0.25, -0.2) is 0 Å². The Morgan fingerprint density at radius 3 is 2.71 bits per heavy atom. The van der Waals surface area contributed by atoms with Gasteiger partial charge in [0.05, 0.1) is 6.61 Å². The maximum absolute atomic E-state index is 11.2. The fourth-order valence-corrected chi connectivity index (χ4v) is 2.12. The molecule has 1 aliphatic heterocycles. The van der Waals surface area contributed by atoms with Gasteiger partial charge < -0.3 is 9.47 Å². The van der Waals surface area contributed by atoms with Crippen molar-refractivity contribution in [3.63, 3.8) is 0 Å². The molecule has 1 saturated heterocycles. The lowest BCUT2D eigenvalue weighted by molar-refractivity contribution is -0.139. The molecule has 0 saturated carbocycles. The fourth-order valence-electron chi connectivity index (χ4n) is 2.12. The molecule has 3 nitrogen and oxygen atoms in total. The topological polar surface area (TPSA) is 35.5 Å². The highest BCUT2D eigenvalue weighted by Gasteiger charge is 2.34. The molecular weight excluding hydrogens is 216 g/mol. The van der Waals surface area contributed by atoms with Crippen molar-refractivity contribution < 1.29 is 14.3 Å². The average molecular weight is 234 g/mol. The number of benzene rings is 1. The lowest BCUT2D eigenvalue weighted by Crippen LogP contribution is -2.20. The lowest BCUT2D eigenvalue weighted by atomic mass is 9.99. The molecular formula is C14H18O3. The summed E-state index contributed by atoms with van der Waals surface area (Å²) in [5.74, 6) is -0.371. The molecule has 1 fully saturated rings. The maximum atomic E-state index is 11.2. The number of ether oxygens (including phenoxy) is 2. The van der Waals surface area contributed by atoms with Gasteiger partial charge in [0.2, 0.25) is 0 Å². The summed E-state index contributed by atoms with van der Waals surface area (Å²) in [6, 6.07) is 7.90. The number of hydrogen-bond acceptors (Lipinski definition) is 3. The molecule has 2 rings (SSSR count). The quantitative estimate of drug-likeness (QED) is 0.806. The predicted octanol–water partition coefficient (Wildman–Crippen LogP) is 2.64. The second-order valence-corrected chi connectivity index (χ2v) is 4.89. The molecule has 0 aliphatic carbocycles. The number of Topliss-reactive ketones (excluding diaryl/α,β-unsaturated/α-hetero) is 1. The molecule has 0 N–H and O–H groups in total. The Morgan fingerprint density at radius 1 is 1.41 bits per heavy atom. The molecule has 0 radical (unpaired) electrons. The standard InChI is InChI=1S/C14H18O3/c1-10(15)8-11-6-4-5-7-12(11)13-9-16-14(2,3)17-13/h4-7,13H,8-9H2,1-3H3. The van der Waals surface area contributed by atoms with E-state index < -0.39 is 5.79 Å². The van der Waals surface area contributed by atoms with Crippen LogP contribution >= 0.6 is 0 Å². The number of rotatable bonds is 3. The van der Waals surface area contributed by atoms with Crippen LogP contribution in [-0.2, 0) is 20.7 Å². The Balaban J connectivity index is 2.23. The predicted molar refractivity (Wildman–Crippen MR) is 64.7 cm³/mol. The average Bonchev–Trinajstić information content (AvgIpc) is 2.59. The Kier molecular flexibility index (Phi) is 3.31. The highest BCUT2D eigenvalue weighted by molar-refractivity contribution is 5.78. The molecule has 0 aromatic heterocycles. The zero-order chi connectivity index (χ0) is 12.5. The Morgan fingerprint density at radius 2 is 2.12 bits per heavy atom. The van der Waals surface area contributed by atoms with Crippen LogP contribution in [0.25, 0.3) is 0 Å². The van der Waals surface area contributed by atoms with Gasteiger partial charge in [0.25, 0.3) is 0 Å². The molecule has 1 unspecified atom stereocenters. The number of carbonyl (C=O) groups excluding carboxylic acids is 1. The summed E-state index contributed by atoms with van der Waals surface area (Å²) < 4.78 is 11.4. The number of hydrogen-bond donors (Lipinski definition) is 0. The van der Waals surface area contributed by atoms with Gasteiger partial charge in [-0.3, -0.25) is 4.79 Å². The SMILES string of the molecule is CC(=O)Cc1ccccc1C1COC(C)(C)O1. The van der Waals surface area contributed by atoms with E-state index in [1.54, 1.807) is 6.92 Å². The van der Waals surface area contributed by atoms with Crippen molar-refractivity contribution in [2.75, 3.05) is 6.61 Å². The van der Waals surface area contributed by atoms with E-state index in [0.717, 1.165) is 11.1 Å². The van der Waals surface area contributed by atoms with Gasteiger partial charge in [0.15, 0.2) is 5.79 Å². The molecule has 0 amide bonds. The van der Waals surface area contributed by atoms with Gasteiger partial charge >= 0.3 is 0 Å². The summed E-state index contributed by atoms with van der Waals surface area (Å²) >= 11 is 0. The van der Waals surface area contributed by atoms with E-state index in [1.807, 2.05) is 38.1 Å². The maximum Gasteiger partial charge on any atom is 0.163 e. The van der Waals surface area contributed by atoms with Gasteiger partial charge in [-0.1, -0.05) is 24.3 Å². The smallest absolute Gasteiger partial charge is 0.163 e. The van der Waals surface area contributed by atoms with Crippen LogP contribution in [0.4, 0.5) is 0 Å². The third-order valence-electron chi connectivity index (χ3n) is 2.85. The first-order valence-electron chi connectivity index (χ1n) is 5.87. The first-order valence-corrected chi connectivity index (χ1v) is 5.87. The van der Waals surface area contributed by atoms with Crippen molar-refractivity contribution in [2.24, 2.45) is 0 Å². The van der Waals surface area contributed by atoms with Gasteiger partial charge in [-0.05, 0) is 31.9 Å². The van der Waals surface area contributed by atoms with E-state index in [-0.39, 0.29) is 11.9 Å². The highest BCUT2D eigenvalue weighted by atomic mass is 16.7. The third kappa shape index (κ3) is 2.93. The fraction of sp³-hybridized carbons (Fsp3) is 0.500. The van der Waals surface area contributed by atoms with E-state index in [2.05, 4.69) is 0 Å². The summed E-state index contributed by atoms with van der Waals surface area (Å²) in [7, 11) is 0. The van der Waals surface area contributed by atoms with E-state index in [1.165, 1.54) is 0 Å². The third-order valence-corrected chi connectivity index (χ3v) is 2.85. The van der Waals surface area contributed by atoms with Crippen LogP contribution in [0.2, 0.25) is 0 Å². The second-order valence-electron chi connectivity index (χ2n) is 4.89. The zero-order valence-corrected chi connectivity index (χ0v) is 10.5. The zero-order valence-electron chi connectivity index (χ0n) is 10.5. The molecule has 1 aromatic carbocycles. The summed E-state index contributed by atoms with van der Waals surface area (Å²) in [6.07, 6.45) is 0.386. The molecule has 92 valence electrons. The molecule has 1 aromatic rings. The van der Waals surface area contributed by atoms with Crippen LogP contribution in [0, 0.1) is 0 Å². The van der Waals surface area contributed by atoms with Gasteiger partial charge in [-0.15, -0.1) is 0 Å². The molecule has 3 heteroatoms. The highest BCUT2D eigenvalue weighted by Crippen LogP contribution is 2.34. The largest absolute Gasteiger partial charge is 0.347 e. The van der Waals surface area contributed by atoms with E-state index in [9.17, 15) is 4.79 Å². The lowest BCUT2D eigenvalue weighted by Gasteiger charge is -2.18. The van der Waals surface area contributed by atoms with Crippen LogP contribution in [-0.4, -0.2) is 18.2 Å². The molecule has 0 bridgehead atoms. The van der Waals surface area contributed by atoms with E-state index >= 15 is 0 Å². The van der Waals surface area contributed by atoms with Crippen molar-refractivity contribution >= 4 is 5.78 Å². The summed E-state index contributed by atoms with van der Waals surface area (Å²) in [4.78, 5) is 11.2. The van der Waals surface area contributed by atoms with Gasteiger partial charge in [0.1, 0.15) is 11.9 Å². The monoisotopic (exact) mass is 234 g/mol. The van der Waals surface area contributed by atoms with E-state index in [0.29, 0.717) is 13.0 Å². The van der Waals surface area contributed by atoms with Crippen molar-refractivity contribution in [1.29, 1.82) is 0 Å². The minimum Gasteiger partial charge on any atom is -0.347 e. The van der Waals surface area contributed by atoms with Crippen molar-refractivity contribution in [2.45, 2.75) is 39.1 Å². The minimum atomic E-state index is -0.534. The second kappa shape index (κ2) is 4.59. The van der Waals surface area contributed by atoms with Gasteiger partial charge in [-0.2, -0.15) is 0 Å². The number of carbonyl (C=O) groups is 1. The van der Waals surface area contributed by atoms with Crippen LogP contribution in [0.15, 0.2) is 24.3 Å². The molecule has 1 atom stereocenters. The van der Waals surface area contributed by atoms with Crippen molar-refractivity contribution in [3.8, 4) is 0 Å². The molecule has 0 spiro atoms. The first kappa shape index (κ1) is 12.3. The van der Waals surface area contributed by atoms with Crippen LogP contribution in [0.3, 0.4) is 0 Å². The molecule has 1 aliphatic rings. The normalized spacial score (nSPS) is 22.6. The minimum absolute atomic E-state index is 0.0689. The summed E-state index contributed by atoms with van der Waals surface area (Å²) in [6.45, 7) is 5.95. The van der Waals surface area contributed by atoms with Gasteiger partial charge in [0, 0.05) is 6.42 Å². The van der Waals surface area contributed by atoms with Crippen LogP contribution < -0.4 is 0 Å². The van der Waals surface area contributed by atoms with E-state index in [4.69, 9.17) is 9.47 Å². The molecule has 1 heterocycles. The van der Waals surface area contributed by atoms with Crippen molar-refractivity contribution in [1.82, 2.24) is 0 Å². The number of ketones is 1. The van der Waals surface area contributed by atoms with Crippen molar-refractivity contribution in [3.05, 3.63) is 35.4 Å². The summed E-state index contributed by atoms with van der Waals surface area (Å²) in [5.41, 5.74) is 2.10.